The van der Waals surface area contributed by atoms with Crippen molar-refractivity contribution in [3.63, 3.8) is 0 Å². The molecular weight excluding hydrogens is 242 g/mol. The number of carbonyl (C=O) groups excluding carboxylic acids is 1. The number of hydrogen-bond donors (Lipinski definition) is 0. The minimum atomic E-state index is -0.499. The molecule has 0 radical (unpaired) electrons. The Morgan fingerprint density at radius 3 is 2.68 bits per heavy atom. The second-order valence-corrected chi connectivity index (χ2v) is 4.42. The van der Waals surface area contributed by atoms with E-state index in [4.69, 9.17) is 4.74 Å². The number of esters is 1. The minimum absolute atomic E-state index is 0.182. The summed E-state index contributed by atoms with van der Waals surface area (Å²) < 4.78 is 6.54. The summed E-state index contributed by atoms with van der Waals surface area (Å²) in [5.41, 5.74) is 2.96. The van der Waals surface area contributed by atoms with Crippen LogP contribution >= 0.6 is 0 Å². The van der Waals surface area contributed by atoms with Gasteiger partial charge >= 0.3 is 5.97 Å². The van der Waals surface area contributed by atoms with Crippen LogP contribution in [-0.2, 0) is 4.74 Å². The highest BCUT2D eigenvalue weighted by Crippen LogP contribution is 2.09. The molecule has 0 bridgehead atoms. The standard InChI is InChI=1S/C14H15N3O2/c1-10(2)9-19-14(18)13-8-17(16-15-13)12-6-4-11(3)5-7-12/h4-8H,1,9H2,2-3H3. The first kappa shape index (κ1) is 13.0. The van der Waals surface area contributed by atoms with E-state index in [2.05, 4.69) is 16.9 Å². The largest absolute Gasteiger partial charge is 0.456 e. The monoisotopic (exact) mass is 257 g/mol. The van der Waals surface area contributed by atoms with E-state index < -0.39 is 5.97 Å². The first-order valence-corrected chi connectivity index (χ1v) is 5.87. The van der Waals surface area contributed by atoms with E-state index in [-0.39, 0.29) is 12.3 Å². The number of benzene rings is 1. The van der Waals surface area contributed by atoms with Crippen molar-refractivity contribution in [2.24, 2.45) is 0 Å². The molecule has 19 heavy (non-hydrogen) atoms. The predicted octanol–water partition coefficient (Wildman–Crippen LogP) is 2.31. The molecule has 0 saturated heterocycles. The summed E-state index contributed by atoms with van der Waals surface area (Å²) >= 11 is 0. The van der Waals surface area contributed by atoms with E-state index in [0.29, 0.717) is 0 Å². The summed E-state index contributed by atoms with van der Waals surface area (Å²) in [7, 11) is 0. The van der Waals surface area contributed by atoms with E-state index >= 15 is 0 Å². The molecule has 1 heterocycles. The molecule has 0 fully saturated rings. The fourth-order valence-corrected chi connectivity index (χ4v) is 1.44. The van der Waals surface area contributed by atoms with Gasteiger partial charge in [-0.15, -0.1) is 5.10 Å². The van der Waals surface area contributed by atoms with Gasteiger partial charge in [0.15, 0.2) is 5.69 Å². The van der Waals surface area contributed by atoms with Crippen LogP contribution in [0.1, 0.15) is 23.0 Å². The summed E-state index contributed by atoms with van der Waals surface area (Å²) in [6, 6.07) is 7.76. The minimum Gasteiger partial charge on any atom is -0.456 e. The molecule has 0 N–H and O–H groups in total. The maximum absolute atomic E-state index is 11.7. The molecule has 1 aromatic heterocycles. The van der Waals surface area contributed by atoms with Crippen LogP contribution in [0.25, 0.3) is 5.69 Å². The van der Waals surface area contributed by atoms with Crippen LogP contribution in [0.4, 0.5) is 0 Å². The SMILES string of the molecule is C=C(C)COC(=O)c1cn(-c2ccc(C)cc2)nn1. The van der Waals surface area contributed by atoms with E-state index in [1.165, 1.54) is 4.68 Å². The molecule has 2 aromatic rings. The lowest BCUT2D eigenvalue weighted by molar-refractivity contribution is 0.0533. The lowest BCUT2D eigenvalue weighted by atomic mass is 10.2. The van der Waals surface area contributed by atoms with Crippen LogP contribution in [0.3, 0.4) is 0 Å². The molecule has 0 aliphatic heterocycles. The fourth-order valence-electron chi connectivity index (χ4n) is 1.44. The Bertz CT molecular complexity index is 599. The van der Waals surface area contributed by atoms with Crippen LogP contribution in [0.15, 0.2) is 42.6 Å². The predicted molar refractivity (Wildman–Crippen MR) is 71.2 cm³/mol. The van der Waals surface area contributed by atoms with E-state index in [1.54, 1.807) is 13.1 Å². The summed E-state index contributed by atoms with van der Waals surface area (Å²) in [5, 5.41) is 7.71. The third kappa shape index (κ3) is 3.28. The summed E-state index contributed by atoms with van der Waals surface area (Å²) in [5.74, 6) is -0.499. The molecule has 5 nitrogen and oxygen atoms in total. The lowest BCUT2D eigenvalue weighted by Crippen LogP contribution is -2.07. The first-order valence-electron chi connectivity index (χ1n) is 5.87. The van der Waals surface area contributed by atoms with Crippen LogP contribution < -0.4 is 0 Å². The molecule has 0 spiro atoms. The summed E-state index contributed by atoms with van der Waals surface area (Å²) in [6.07, 6.45) is 1.55. The maximum atomic E-state index is 11.7. The van der Waals surface area contributed by atoms with Gasteiger partial charge in [-0.3, -0.25) is 0 Å². The van der Waals surface area contributed by atoms with Crippen molar-refractivity contribution < 1.29 is 9.53 Å². The van der Waals surface area contributed by atoms with Gasteiger partial charge in [0.05, 0.1) is 11.9 Å². The van der Waals surface area contributed by atoms with Gasteiger partial charge in [-0.1, -0.05) is 29.5 Å². The number of ether oxygens (including phenoxy) is 1. The van der Waals surface area contributed by atoms with Gasteiger partial charge < -0.3 is 4.74 Å². The third-order valence-electron chi connectivity index (χ3n) is 2.45. The summed E-state index contributed by atoms with van der Waals surface area (Å²) in [6.45, 7) is 7.65. The van der Waals surface area contributed by atoms with Crippen molar-refractivity contribution in [2.45, 2.75) is 13.8 Å². The fraction of sp³-hybridized carbons (Fsp3) is 0.214. The van der Waals surface area contributed by atoms with Gasteiger partial charge in [-0.25, -0.2) is 9.48 Å². The zero-order chi connectivity index (χ0) is 13.8. The molecule has 0 aliphatic rings. The van der Waals surface area contributed by atoms with Gasteiger partial charge in [-0.05, 0) is 31.6 Å². The number of nitrogens with zero attached hydrogens (tertiary/aromatic N) is 3. The van der Waals surface area contributed by atoms with Crippen molar-refractivity contribution in [3.8, 4) is 5.69 Å². The second kappa shape index (κ2) is 5.48. The molecule has 0 amide bonds. The maximum Gasteiger partial charge on any atom is 0.360 e. The Morgan fingerprint density at radius 1 is 1.37 bits per heavy atom. The van der Waals surface area contributed by atoms with Gasteiger partial charge in [0, 0.05) is 0 Å². The molecule has 1 aromatic carbocycles. The first-order chi connectivity index (χ1) is 9.06. The number of aryl methyl sites for hydroxylation is 1. The molecule has 2 rings (SSSR count). The average molecular weight is 257 g/mol. The Morgan fingerprint density at radius 2 is 2.05 bits per heavy atom. The molecule has 0 unspecified atom stereocenters. The zero-order valence-corrected chi connectivity index (χ0v) is 11.0. The van der Waals surface area contributed by atoms with Gasteiger partial charge in [0.25, 0.3) is 0 Å². The number of hydrogen-bond acceptors (Lipinski definition) is 4. The molecule has 0 atom stereocenters. The normalized spacial score (nSPS) is 10.2. The highest BCUT2D eigenvalue weighted by molar-refractivity contribution is 5.86. The van der Waals surface area contributed by atoms with Gasteiger partial charge in [0.1, 0.15) is 6.61 Å². The van der Waals surface area contributed by atoms with Gasteiger partial charge in [0.2, 0.25) is 0 Å². The topological polar surface area (TPSA) is 57.0 Å². The third-order valence-corrected chi connectivity index (χ3v) is 2.45. The molecule has 98 valence electrons. The number of rotatable bonds is 4. The lowest BCUT2D eigenvalue weighted by Gasteiger charge is -2.01. The van der Waals surface area contributed by atoms with E-state index in [1.807, 2.05) is 31.2 Å². The highest BCUT2D eigenvalue weighted by Gasteiger charge is 2.12. The second-order valence-electron chi connectivity index (χ2n) is 4.42. The number of carbonyl (C=O) groups is 1. The number of aromatic nitrogens is 3. The molecular formula is C14H15N3O2. The molecule has 0 saturated carbocycles. The molecule has 5 heteroatoms. The van der Waals surface area contributed by atoms with Crippen LogP contribution in [0, 0.1) is 6.92 Å². The van der Waals surface area contributed by atoms with Crippen LogP contribution in [0.5, 0.6) is 0 Å². The Hall–Kier alpha value is -2.43. The van der Waals surface area contributed by atoms with Crippen molar-refractivity contribution in [2.75, 3.05) is 6.61 Å². The van der Waals surface area contributed by atoms with Crippen LogP contribution in [-0.4, -0.2) is 27.6 Å². The summed E-state index contributed by atoms with van der Waals surface area (Å²) in [4.78, 5) is 11.7. The molecule has 0 aliphatic carbocycles. The average Bonchev–Trinajstić information content (AvgIpc) is 2.86. The Balaban J connectivity index is 2.12. The Kier molecular flexibility index (Phi) is 3.75. The van der Waals surface area contributed by atoms with Gasteiger partial charge in [-0.2, -0.15) is 0 Å². The Labute approximate surface area is 111 Å². The zero-order valence-electron chi connectivity index (χ0n) is 11.0. The van der Waals surface area contributed by atoms with Crippen molar-refractivity contribution in [1.82, 2.24) is 15.0 Å². The highest BCUT2D eigenvalue weighted by atomic mass is 16.5. The van der Waals surface area contributed by atoms with E-state index in [9.17, 15) is 4.79 Å². The smallest absolute Gasteiger partial charge is 0.360 e. The van der Waals surface area contributed by atoms with Crippen molar-refractivity contribution >= 4 is 5.97 Å². The quantitative estimate of drug-likeness (QED) is 0.623. The van der Waals surface area contributed by atoms with Crippen LogP contribution in [0.2, 0.25) is 0 Å². The van der Waals surface area contributed by atoms with E-state index in [0.717, 1.165) is 16.8 Å². The van der Waals surface area contributed by atoms with Crippen molar-refractivity contribution in [3.05, 3.63) is 53.9 Å². The van der Waals surface area contributed by atoms with Crippen molar-refractivity contribution in [1.29, 1.82) is 0 Å².